The van der Waals surface area contributed by atoms with Gasteiger partial charge in [-0.3, -0.25) is 58.0 Å². The Labute approximate surface area is 726 Å². The fourth-order valence-electron chi connectivity index (χ4n) is 13.9. The largest absolute Gasteiger partial charge is 0.488 e. The van der Waals surface area contributed by atoms with Crippen LogP contribution in [0.4, 0.5) is 0 Å². The number of nitrogens with zero attached hydrogens (tertiary/aromatic N) is 4. The number of thiophene rings is 3. The molecule has 3 aromatic heterocycles. The smallest absolute Gasteiger partial charge is 0.405 e. The van der Waals surface area contributed by atoms with E-state index in [4.69, 9.17) is 40.8 Å². The minimum Gasteiger partial charge on any atom is -0.405 e. The molecule has 0 unspecified atom stereocenters. The first-order valence-electron chi connectivity index (χ1n) is 39.9. The van der Waals surface area contributed by atoms with Gasteiger partial charge in [0.15, 0.2) is 0 Å². The molecule has 0 spiro atoms. The lowest BCUT2D eigenvalue weighted by Gasteiger charge is -2.35. The minimum absolute atomic E-state index is 0.0714. The van der Waals surface area contributed by atoms with Crippen molar-refractivity contribution < 1.29 is 66.3 Å². The molecule has 0 atom stereocenters. The maximum Gasteiger partial charge on any atom is 0.488 e. The van der Waals surface area contributed by atoms with Crippen molar-refractivity contribution >= 4 is 187 Å². The van der Waals surface area contributed by atoms with E-state index in [0.717, 1.165) is 34.8 Å². The molecule has 0 N–H and O–H groups in total. The van der Waals surface area contributed by atoms with Crippen LogP contribution in [0.25, 0.3) is 51.9 Å². The van der Waals surface area contributed by atoms with Crippen LogP contribution < -0.4 is 0 Å². The minimum atomic E-state index is -0.419. The van der Waals surface area contributed by atoms with Gasteiger partial charge in [0.05, 0.1) is 65.6 Å². The molecule has 3 fully saturated rings. The summed E-state index contributed by atoms with van der Waals surface area (Å²) in [6.07, 6.45) is 22.4. The monoisotopic (exact) mass is 1780 g/mol. The molecule has 0 bridgehead atoms. The highest BCUT2D eigenvalue weighted by atomic mass is 79.9. The van der Waals surface area contributed by atoms with Gasteiger partial charge >= 0.3 is 21.9 Å². The Hall–Kier alpha value is -7.95. The summed E-state index contributed by atoms with van der Waals surface area (Å²) >= 11 is 11.7. The van der Waals surface area contributed by atoms with Crippen LogP contribution >= 0.6 is 65.9 Å². The maximum absolute atomic E-state index is 14.1. The van der Waals surface area contributed by atoms with E-state index in [-0.39, 0.29) is 121 Å². The Morgan fingerprint density at radius 3 is 1.03 bits per heavy atom. The molecule has 619 valence electrons. The molecule has 7 aliphatic heterocycles. The van der Waals surface area contributed by atoms with Gasteiger partial charge in [0.25, 0.3) is 47.3 Å². The first kappa shape index (κ1) is 92.3. The van der Waals surface area contributed by atoms with Crippen molar-refractivity contribution in [3.8, 4) is 24.7 Å². The van der Waals surface area contributed by atoms with Crippen LogP contribution in [0, 0.1) is 54.3 Å². The lowest BCUT2D eigenvalue weighted by atomic mass is 9.79. The lowest BCUT2D eigenvalue weighted by molar-refractivity contribution is 0.00578. The number of hydrogen-bond donors (Lipinski definition) is 0. The lowest BCUT2D eigenvalue weighted by Crippen LogP contribution is -2.46. The van der Waals surface area contributed by atoms with Gasteiger partial charge < -0.3 is 27.9 Å². The van der Waals surface area contributed by atoms with E-state index in [1.165, 1.54) is 38.6 Å². The first-order chi connectivity index (χ1) is 55.0. The number of benzene rings is 4. The van der Waals surface area contributed by atoms with Crippen molar-refractivity contribution in [2.75, 3.05) is 26.2 Å². The molecule has 118 heavy (non-hydrogen) atoms. The molecular formula is C92H106B3Br2N4O14S3. The zero-order valence-corrected chi connectivity index (χ0v) is 77.7. The number of carbonyl (C=O) groups is 8. The molecule has 26 heteroatoms. The zero-order valence-electron chi connectivity index (χ0n) is 72.1. The standard InChI is InChI=1S/C36H40N2O4S.C22H20Br2N2O4.C20H30B2O4S.C8H4S.C6H12BO2/c1-19(2)9-11-24-13-14-25(43-24)12-10-23-15-27-31-30-28(34(40)37(17-20(3)4)35(41)29(23)30)16-26(22(7)8)32(31)36(42)38(33(27)39)18-21(5)6;1-9(2)7-25-19(27)11-5-14(24)18-16-12(6-13(23)17(15(11)16)21(25)29)20(28)26(22(18)30)8-10(3)4;1-17(2)18(3,4)24-21(23-17)13-11-15-9-10-16(27-15)12-14-22-25-19(5,6)20(7,8)26-22;1-3-7-5-6-8(4-2)9-7;1-5(2)6(3,4)9-7-8-5/h9-16,19-22H,17-18H2,1-8H3;5-6,9-10H,7-8H2,1-4H3;9-14H,1-8H3;1-2,5-6H;1-4H3/b11-9+,12-10+;;13-11+,14-12+;;. The van der Waals surface area contributed by atoms with Crippen molar-refractivity contribution in [3.63, 3.8) is 0 Å². The van der Waals surface area contributed by atoms with Gasteiger partial charge in [-0.15, -0.1) is 46.9 Å². The summed E-state index contributed by atoms with van der Waals surface area (Å²) in [4.78, 5) is 120. The summed E-state index contributed by atoms with van der Waals surface area (Å²) in [5.74, 6) is 6.49. The Kier molecular flexibility index (Phi) is 28.2. The van der Waals surface area contributed by atoms with Gasteiger partial charge in [0.2, 0.25) is 0 Å². The molecule has 4 aromatic carbocycles. The Balaban J connectivity index is 0.000000172. The SMILES string of the molecule is C#Cc1ccc(C#C)s1.CC(C)/C=C/c1ccc(/C=C/c2cc3c4c(c(C(C)C)cc5c4c2C(=O)N(CC(C)C)C5=O)C(=O)N(CC(C)C)C3=O)s1.CC(C)CN1C(=O)c2cc(Br)c3c4c(cc(Br)c(c24)C1=O)C(=O)N(CC(C)C)C3=O.CC1(C)OB(/C=C/c2ccc(/C=C/B3OC(C)(C)C(C)(C)O3)s2)OC1(C)C.CC1(C)O[B]OC1(C)C. The van der Waals surface area contributed by atoms with Gasteiger partial charge in [-0.2, -0.15) is 0 Å². The summed E-state index contributed by atoms with van der Waals surface area (Å²) in [6, 6.07) is 18.7. The van der Waals surface area contributed by atoms with Crippen molar-refractivity contribution in [1.82, 2.24) is 19.6 Å². The van der Waals surface area contributed by atoms with E-state index < -0.39 is 29.5 Å². The Morgan fingerprint density at radius 1 is 0.398 bits per heavy atom. The Morgan fingerprint density at radius 2 is 0.712 bits per heavy atom. The highest BCUT2D eigenvalue weighted by Crippen LogP contribution is 2.48. The predicted molar refractivity (Wildman–Crippen MR) is 486 cm³/mol. The number of allylic oxidation sites excluding steroid dienone is 1. The summed E-state index contributed by atoms with van der Waals surface area (Å²) in [5, 5.41) is 1.60. The van der Waals surface area contributed by atoms with E-state index in [2.05, 4.69) is 155 Å². The molecular weight excluding hydrogens is 1670 g/mol. The van der Waals surface area contributed by atoms with Crippen molar-refractivity contribution in [2.24, 2.45) is 29.6 Å². The molecule has 14 rings (SSSR count). The van der Waals surface area contributed by atoms with Crippen molar-refractivity contribution in [2.45, 2.75) is 206 Å². The fourth-order valence-corrected chi connectivity index (χ4v) is 17.4. The zero-order chi connectivity index (χ0) is 87.3. The van der Waals surface area contributed by atoms with Crippen LogP contribution in [0.2, 0.25) is 0 Å². The average Bonchev–Trinajstić information content (AvgIpc) is 1.66. The number of terminal acetylenes is 2. The number of halogens is 2. The fraction of sp³-hybridized carbons (Fsp3) is 0.435. The molecule has 18 nitrogen and oxygen atoms in total. The third kappa shape index (κ3) is 19.2. The normalized spacial score (nSPS) is 18.5. The number of amides is 8. The molecule has 0 aliphatic carbocycles. The van der Waals surface area contributed by atoms with Crippen LogP contribution in [-0.2, 0) is 27.9 Å². The van der Waals surface area contributed by atoms with E-state index in [9.17, 15) is 38.4 Å². The summed E-state index contributed by atoms with van der Waals surface area (Å²) in [5.41, 5.74) is 2.47. The first-order valence-corrected chi connectivity index (χ1v) is 44.0. The molecule has 7 aromatic rings. The van der Waals surface area contributed by atoms with Gasteiger partial charge in [0.1, 0.15) is 0 Å². The molecule has 3 saturated heterocycles. The second-order valence-electron chi connectivity index (χ2n) is 35.6. The highest BCUT2D eigenvalue weighted by Gasteiger charge is 2.52. The van der Waals surface area contributed by atoms with Crippen LogP contribution in [0.15, 0.2) is 87.6 Å². The van der Waals surface area contributed by atoms with Gasteiger partial charge in [0, 0.05) is 98.4 Å². The molecule has 1 radical (unpaired) electrons. The summed E-state index contributed by atoms with van der Waals surface area (Å²) in [7, 11) is 0.779. The second kappa shape index (κ2) is 36.0. The number of rotatable bonds is 17. The maximum atomic E-state index is 14.1. The Bertz CT molecular complexity index is 5160. The summed E-state index contributed by atoms with van der Waals surface area (Å²) in [6.45, 7) is 49.5. The van der Waals surface area contributed by atoms with E-state index in [0.29, 0.717) is 86.5 Å². The van der Waals surface area contributed by atoms with E-state index >= 15 is 0 Å². The average molecular weight is 1780 g/mol. The second-order valence-corrected chi connectivity index (χ2v) is 40.7. The molecule has 8 amide bonds. The summed E-state index contributed by atoms with van der Waals surface area (Å²) < 4.78 is 35.3. The van der Waals surface area contributed by atoms with Gasteiger partial charge in [-0.05, 0) is 234 Å². The predicted octanol–water partition coefficient (Wildman–Crippen LogP) is 21.1. The van der Waals surface area contributed by atoms with Crippen LogP contribution in [0.1, 0.15) is 295 Å². The highest BCUT2D eigenvalue weighted by molar-refractivity contribution is 9.11. The van der Waals surface area contributed by atoms with Crippen molar-refractivity contribution in [3.05, 3.63) is 173 Å². The van der Waals surface area contributed by atoms with Crippen molar-refractivity contribution in [1.29, 1.82) is 0 Å². The number of imide groups is 4. The van der Waals surface area contributed by atoms with Crippen LogP contribution in [-0.4, -0.2) is 149 Å². The third-order valence-electron chi connectivity index (χ3n) is 22.1. The molecule has 10 heterocycles. The van der Waals surface area contributed by atoms with E-state index in [1.807, 2.05) is 139 Å². The van der Waals surface area contributed by atoms with E-state index in [1.54, 1.807) is 46.9 Å². The number of carbonyl (C=O) groups excluding carboxylic acids is 8. The molecule has 7 aliphatic rings. The topological polar surface area (TPSA) is 205 Å². The van der Waals surface area contributed by atoms with Crippen LogP contribution in [0.5, 0.6) is 0 Å². The van der Waals surface area contributed by atoms with Crippen LogP contribution in [0.3, 0.4) is 0 Å². The van der Waals surface area contributed by atoms with Gasteiger partial charge in [-0.1, -0.05) is 131 Å². The number of hydrogen-bond acceptors (Lipinski definition) is 17. The van der Waals surface area contributed by atoms with Gasteiger partial charge in [-0.25, -0.2) is 0 Å². The molecule has 0 saturated carbocycles. The third-order valence-corrected chi connectivity index (χ3v) is 26.3. The quantitative estimate of drug-likeness (QED) is 0.0473.